The van der Waals surface area contributed by atoms with E-state index >= 15 is 0 Å². The van der Waals surface area contributed by atoms with Gasteiger partial charge in [0.1, 0.15) is 17.5 Å². The number of hydrogen-bond acceptors (Lipinski definition) is 5. The maximum Gasteiger partial charge on any atom is 0.266 e. The molecule has 1 amide bonds. The van der Waals surface area contributed by atoms with Gasteiger partial charge in [0.2, 0.25) is 5.91 Å². The SMILES string of the molecule is C=CC(Nc1nc(C)nc2cc(=O)n(C3CCN(C(C)=O)C(C)C3)cc12)c1cccc(C(F)F)c1F. The number of aromatic nitrogens is 3. The maximum absolute atomic E-state index is 14.9. The zero-order valence-corrected chi connectivity index (χ0v) is 20.3. The highest BCUT2D eigenvalue weighted by molar-refractivity contribution is 5.88. The number of benzene rings is 1. The Morgan fingerprint density at radius 1 is 1.28 bits per heavy atom. The molecule has 1 fully saturated rings. The summed E-state index contributed by atoms with van der Waals surface area (Å²) < 4.78 is 43.0. The number of anilines is 1. The quantitative estimate of drug-likeness (QED) is 0.478. The number of halogens is 3. The van der Waals surface area contributed by atoms with Gasteiger partial charge in [-0.1, -0.05) is 24.3 Å². The monoisotopic (exact) mass is 499 g/mol. The molecule has 2 aromatic heterocycles. The molecule has 0 radical (unpaired) electrons. The average Bonchev–Trinajstić information content (AvgIpc) is 2.81. The van der Waals surface area contributed by atoms with Gasteiger partial charge in [-0.2, -0.15) is 0 Å². The van der Waals surface area contributed by atoms with Gasteiger partial charge in [-0.15, -0.1) is 6.58 Å². The van der Waals surface area contributed by atoms with Gasteiger partial charge in [-0.25, -0.2) is 23.1 Å². The Balaban J connectivity index is 1.74. The molecule has 0 spiro atoms. The highest BCUT2D eigenvalue weighted by atomic mass is 19.3. The summed E-state index contributed by atoms with van der Waals surface area (Å²) in [5.41, 5.74) is -0.503. The van der Waals surface area contributed by atoms with E-state index in [2.05, 4.69) is 21.9 Å². The molecule has 190 valence electrons. The molecule has 0 saturated carbocycles. The largest absolute Gasteiger partial charge is 0.359 e. The van der Waals surface area contributed by atoms with Gasteiger partial charge >= 0.3 is 0 Å². The van der Waals surface area contributed by atoms with E-state index in [1.165, 1.54) is 31.2 Å². The molecule has 1 aliphatic rings. The molecule has 1 aromatic carbocycles. The van der Waals surface area contributed by atoms with Crippen molar-refractivity contribution in [2.75, 3.05) is 11.9 Å². The smallest absolute Gasteiger partial charge is 0.266 e. The topological polar surface area (TPSA) is 80.1 Å². The van der Waals surface area contributed by atoms with Crippen LogP contribution in [0.4, 0.5) is 19.0 Å². The van der Waals surface area contributed by atoms with Crippen LogP contribution in [0.3, 0.4) is 0 Å². The normalized spacial score (nSPS) is 18.9. The van der Waals surface area contributed by atoms with E-state index in [0.717, 1.165) is 6.07 Å². The zero-order valence-electron chi connectivity index (χ0n) is 20.3. The fraction of sp³-hybridized carbons (Fsp3) is 0.385. The Hall–Kier alpha value is -3.69. The molecule has 1 N–H and O–H groups in total. The molecule has 3 heterocycles. The molecule has 1 aliphatic heterocycles. The third kappa shape index (κ3) is 4.84. The lowest BCUT2D eigenvalue weighted by atomic mass is 9.97. The van der Waals surface area contributed by atoms with Crippen LogP contribution in [0.25, 0.3) is 10.9 Å². The highest BCUT2D eigenvalue weighted by Gasteiger charge is 2.29. The number of carbonyl (C=O) groups excluding carboxylic acids is 1. The van der Waals surface area contributed by atoms with Crippen LogP contribution < -0.4 is 10.9 Å². The van der Waals surface area contributed by atoms with E-state index in [9.17, 15) is 22.8 Å². The van der Waals surface area contributed by atoms with Crippen molar-refractivity contribution in [3.63, 3.8) is 0 Å². The number of nitrogens with one attached hydrogen (secondary N) is 1. The van der Waals surface area contributed by atoms with E-state index < -0.39 is 23.8 Å². The lowest BCUT2D eigenvalue weighted by molar-refractivity contribution is -0.132. The van der Waals surface area contributed by atoms with E-state index in [4.69, 9.17) is 0 Å². The number of carbonyl (C=O) groups is 1. The van der Waals surface area contributed by atoms with E-state index in [1.54, 1.807) is 22.6 Å². The van der Waals surface area contributed by atoms with Crippen molar-refractivity contribution in [2.24, 2.45) is 0 Å². The van der Waals surface area contributed by atoms with Crippen molar-refractivity contribution in [1.29, 1.82) is 0 Å². The minimum absolute atomic E-state index is 0.000722. The third-order valence-corrected chi connectivity index (χ3v) is 6.67. The van der Waals surface area contributed by atoms with Crippen LogP contribution in [0.1, 0.15) is 62.1 Å². The summed E-state index contributed by atoms with van der Waals surface area (Å²) in [7, 11) is 0. The third-order valence-electron chi connectivity index (χ3n) is 6.67. The lowest BCUT2D eigenvalue weighted by Crippen LogP contribution is -2.45. The molecule has 3 aromatic rings. The molecule has 36 heavy (non-hydrogen) atoms. The van der Waals surface area contributed by atoms with Gasteiger partial charge < -0.3 is 14.8 Å². The maximum atomic E-state index is 14.9. The number of amides is 1. The number of fused-ring (bicyclic) bond motifs is 1. The first-order valence-electron chi connectivity index (χ1n) is 11.7. The van der Waals surface area contributed by atoms with Crippen LogP contribution in [0.15, 0.2) is 47.9 Å². The summed E-state index contributed by atoms with van der Waals surface area (Å²) in [6.07, 6.45) is 1.36. The minimum Gasteiger partial charge on any atom is -0.359 e. The number of alkyl halides is 2. The van der Waals surface area contributed by atoms with Gasteiger partial charge in [-0.3, -0.25) is 9.59 Å². The van der Waals surface area contributed by atoms with Crippen LogP contribution in [0, 0.1) is 12.7 Å². The average molecular weight is 500 g/mol. The second-order valence-electron chi connectivity index (χ2n) is 9.09. The Kier molecular flexibility index (Phi) is 7.14. The molecule has 3 unspecified atom stereocenters. The van der Waals surface area contributed by atoms with Crippen molar-refractivity contribution in [3.8, 4) is 0 Å². The zero-order chi connectivity index (χ0) is 26.1. The van der Waals surface area contributed by atoms with Crippen molar-refractivity contribution in [1.82, 2.24) is 19.4 Å². The number of pyridine rings is 1. The molecule has 10 heteroatoms. The van der Waals surface area contributed by atoms with Crippen LogP contribution in [-0.2, 0) is 4.79 Å². The summed E-state index contributed by atoms with van der Waals surface area (Å²) >= 11 is 0. The first kappa shape index (κ1) is 25.4. The summed E-state index contributed by atoms with van der Waals surface area (Å²) in [6, 6.07) is 4.25. The van der Waals surface area contributed by atoms with Crippen LogP contribution >= 0.6 is 0 Å². The Labute approximate surface area is 206 Å². The molecule has 1 saturated heterocycles. The van der Waals surface area contributed by atoms with Crippen molar-refractivity contribution in [2.45, 2.75) is 58.2 Å². The molecule has 0 aliphatic carbocycles. The number of aryl methyl sites for hydroxylation is 1. The van der Waals surface area contributed by atoms with Crippen molar-refractivity contribution >= 4 is 22.6 Å². The molecular formula is C26H28F3N5O2. The van der Waals surface area contributed by atoms with Crippen molar-refractivity contribution in [3.05, 3.63) is 76.2 Å². The van der Waals surface area contributed by atoms with E-state index in [1.807, 2.05) is 6.92 Å². The van der Waals surface area contributed by atoms with Gasteiger partial charge in [0, 0.05) is 43.4 Å². The first-order valence-corrected chi connectivity index (χ1v) is 11.7. The van der Waals surface area contributed by atoms with Gasteiger partial charge in [0.05, 0.1) is 22.5 Å². The Morgan fingerprint density at radius 2 is 2.00 bits per heavy atom. The number of rotatable bonds is 6. The summed E-state index contributed by atoms with van der Waals surface area (Å²) in [5.74, 6) is -0.300. The van der Waals surface area contributed by atoms with E-state index in [-0.39, 0.29) is 29.1 Å². The molecular weight excluding hydrogens is 471 g/mol. The van der Waals surface area contributed by atoms with Crippen LogP contribution in [-0.4, -0.2) is 37.9 Å². The van der Waals surface area contributed by atoms with E-state index in [0.29, 0.717) is 41.9 Å². The van der Waals surface area contributed by atoms with Crippen molar-refractivity contribution < 1.29 is 18.0 Å². The number of nitrogens with zero attached hydrogens (tertiary/aromatic N) is 4. The predicted molar refractivity (Wildman–Crippen MR) is 132 cm³/mol. The predicted octanol–water partition coefficient (Wildman–Crippen LogP) is 5.09. The number of likely N-dealkylation sites (tertiary alicyclic amines) is 1. The summed E-state index contributed by atoms with van der Waals surface area (Å²) in [4.78, 5) is 35.5. The molecule has 3 atom stereocenters. The molecule has 0 bridgehead atoms. The van der Waals surface area contributed by atoms with Gasteiger partial charge in [0.15, 0.2) is 0 Å². The second kappa shape index (κ2) is 10.1. The fourth-order valence-corrected chi connectivity index (χ4v) is 4.89. The van der Waals surface area contributed by atoms with Gasteiger partial charge in [-0.05, 0) is 26.7 Å². The first-order chi connectivity index (χ1) is 17.1. The van der Waals surface area contributed by atoms with Gasteiger partial charge in [0.25, 0.3) is 12.0 Å². The number of piperidine rings is 1. The summed E-state index contributed by atoms with van der Waals surface area (Å²) in [6.45, 7) is 9.43. The Morgan fingerprint density at radius 3 is 2.64 bits per heavy atom. The standard InChI is InChI=1S/C26H28F3N5O2/c1-5-21(18-7-6-8-19(24(18)27)25(28)29)32-26-20-13-34(23(36)12-22(20)30-15(3)31-26)17-9-10-33(16(4)35)14(2)11-17/h5-8,12-14,17,21,25H,1,9-11H2,2-4H3,(H,30,31,32). The summed E-state index contributed by atoms with van der Waals surface area (Å²) in [5, 5.41) is 3.62. The van der Waals surface area contributed by atoms with Crippen LogP contribution in [0.5, 0.6) is 0 Å². The minimum atomic E-state index is -2.95. The second-order valence-corrected chi connectivity index (χ2v) is 9.09. The lowest BCUT2D eigenvalue weighted by Gasteiger charge is -2.37. The molecule has 4 rings (SSSR count). The fourth-order valence-electron chi connectivity index (χ4n) is 4.89. The highest BCUT2D eigenvalue weighted by Crippen LogP contribution is 2.32. The molecule has 7 nitrogen and oxygen atoms in total. The number of hydrogen-bond donors (Lipinski definition) is 1. The van der Waals surface area contributed by atoms with Crippen LogP contribution in [0.2, 0.25) is 0 Å². The Bertz CT molecular complexity index is 1370.